The summed E-state index contributed by atoms with van der Waals surface area (Å²) >= 11 is 0. The molecule has 0 aromatic heterocycles. The molecule has 0 radical (unpaired) electrons. The second-order valence-electron chi connectivity index (χ2n) is 3.81. The van der Waals surface area contributed by atoms with Gasteiger partial charge in [0.1, 0.15) is 12.1 Å². The number of carbonyl (C=O) groups is 1. The normalized spacial score (nSPS) is 11.4. The summed E-state index contributed by atoms with van der Waals surface area (Å²) in [6.07, 6.45) is 0.910. The molecule has 1 rings (SSSR count). The molecule has 4 nitrogen and oxygen atoms in total. The van der Waals surface area contributed by atoms with Crippen molar-refractivity contribution in [1.82, 2.24) is 5.32 Å². The maximum atomic E-state index is 11.6. The van der Waals surface area contributed by atoms with Crippen LogP contribution in [0.15, 0.2) is 24.3 Å². The van der Waals surface area contributed by atoms with Crippen molar-refractivity contribution in [2.45, 2.75) is 26.3 Å². The summed E-state index contributed by atoms with van der Waals surface area (Å²) in [6.45, 7) is 4.45. The van der Waals surface area contributed by atoms with E-state index < -0.39 is 0 Å². The van der Waals surface area contributed by atoms with Gasteiger partial charge in [-0.05, 0) is 25.5 Å². The van der Waals surface area contributed by atoms with Crippen LogP contribution in [0.25, 0.3) is 0 Å². The number of amides is 1. The molecule has 17 heavy (non-hydrogen) atoms. The van der Waals surface area contributed by atoms with E-state index in [1.54, 1.807) is 25.1 Å². The molecule has 0 fully saturated rings. The van der Waals surface area contributed by atoms with Gasteiger partial charge in [-0.2, -0.15) is 5.26 Å². The number of anilines is 1. The molecule has 0 aliphatic carbocycles. The standard InChI is InChI=1S/C13H17N3O/c1-3-8-15-13(17)10(2)16-12-7-5-4-6-11(12)9-14/h4-7,10,16H,3,8H2,1-2H3,(H,15,17). The van der Waals surface area contributed by atoms with Gasteiger partial charge in [0.05, 0.1) is 11.3 Å². The highest BCUT2D eigenvalue weighted by Crippen LogP contribution is 2.14. The number of hydrogen-bond donors (Lipinski definition) is 2. The Bertz CT molecular complexity index is 423. The zero-order chi connectivity index (χ0) is 12.7. The van der Waals surface area contributed by atoms with Gasteiger partial charge >= 0.3 is 0 Å². The molecule has 1 atom stereocenters. The minimum Gasteiger partial charge on any atom is -0.373 e. The van der Waals surface area contributed by atoms with E-state index >= 15 is 0 Å². The van der Waals surface area contributed by atoms with Crippen molar-refractivity contribution in [1.29, 1.82) is 5.26 Å². The summed E-state index contributed by atoms with van der Waals surface area (Å²) in [5, 5.41) is 14.8. The molecule has 0 spiro atoms. The van der Waals surface area contributed by atoms with Crippen LogP contribution in [0.1, 0.15) is 25.8 Å². The fraction of sp³-hybridized carbons (Fsp3) is 0.385. The summed E-state index contributed by atoms with van der Waals surface area (Å²) in [6, 6.07) is 8.88. The van der Waals surface area contributed by atoms with Crippen molar-refractivity contribution in [3.05, 3.63) is 29.8 Å². The molecule has 0 bridgehead atoms. The Balaban J connectivity index is 2.65. The van der Waals surface area contributed by atoms with Crippen molar-refractivity contribution >= 4 is 11.6 Å². The number of nitrogens with one attached hydrogen (secondary N) is 2. The Morgan fingerprint density at radius 2 is 2.18 bits per heavy atom. The zero-order valence-corrected chi connectivity index (χ0v) is 10.2. The fourth-order valence-electron chi connectivity index (χ4n) is 1.41. The predicted molar refractivity (Wildman–Crippen MR) is 67.5 cm³/mol. The molecular formula is C13H17N3O. The third kappa shape index (κ3) is 3.80. The molecule has 0 heterocycles. The van der Waals surface area contributed by atoms with Crippen LogP contribution >= 0.6 is 0 Å². The highest BCUT2D eigenvalue weighted by atomic mass is 16.2. The summed E-state index contributed by atoms with van der Waals surface area (Å²) in [5.41, 5.74) is 1.23. The molecule has 0 saturated heterocycles. The lowest BCUT2D eigenvalue weighted by molar-refractivity contribution is -0.121. The maximum absolute atomic E-state index is 11.6. The minimum atomic E-state index is -0.351. The van der Waals surface area contributed by atoms with E-state index in [2.05, 4.69) is 16.7 Å². The summed E-state index contributed by atoms with van der Waals surface area (Å²) in [4.78, 5) is 11.6. The lowest BCUT2D eigenvalue weighted by Gasteiger charge is -2.15. The van der Waals surface area contributed by atoms with E-state index in [0.717, 1.165) is 6.42 Å². The van der Waals surface area contributed by atoms with Crippen molar-refractivity contribution in [2.24, 2.45) is 0 Å². The average Bonchev–Trinajstić information content (AvgIpc) is 2.36. The molecule has 1 aromatic rings. The Morgan fingerprint density at radius 1 is 1.47 bits per heavy atom. The third-order valence-electron chi connectivity index (χ3n) is 2.36. The van der Waals surface area contributed by atoms with Gasteiger partial charge in [0, 0.05) is 6.54 Å². The van der Waals surface area contributed by atoms with E-state index in [4.69, 9.17) is 5.26 Å². The maximum Gasteiger partial charge on any atom is 0.242 e. The highest BCUT2D eigenvalue weighted by Gasteiger charge is 2.12. The van der Waals surface area contributed by atoms with E-state index in [1.165, 1.54) is 0 Å². The van der Waals surface area contributed by atoms with Gasteiger partial charge in [-0.25, -0.2) is 0 Å². The quantitative estimate of drug-likeness (QED) is 0.813. The van der Waals surface area contributed by atoms with Gasteiger partial charge in [0.25, 0.3) is 0 Å². The Labute approximate surface area is 102 Å². The predicted octanol–water partition coefficient (Wildman–Crippen LogP) is 1.88. The lowest BCUT2D eigenvalue weighted by Crippen LogP contribution is -2.38. The van der Waals surface area contributed by atoms with Gasteiger partial charge < -0.3 is 10.6 Å². The summed E-state index contributed by atoms with van der Waals surface area (Å²) in [5.74, 6) is -0.0559. The Morgan fingerprint density at radius 3 is 2.82 bits per heavy atom. The average molecular weight is 231 g/mol. The molecule has 0 aliphatic heterocycles. The molecular weight excluding hydrogens is 214 g/mol. The largest absolute Gasteiger partial charge is 0.373 e. The number of nitrogens with zero attached hydrogens (tertiary/aromatic N) is 1. The number of rotatable bonds is 5. The number of nitriles is 1. The smallest absolute Gasteiger partial charge is 0.242 e. The monoisotopic (exact) mass is 231 g/mol. The second-order valence-corrected chi connectivity index (χ2v) is 3.81. The van der Waals surface area contributed by atoms with E-state index in [-0.39, 0.29) is 11.9 Å². The first-order valence-corrected chi connectivity index (χ1v) is 5.72. The Kier molecular flexibility index (Phi) is 5.02. The third-order valence-corrected chi connectivity index (χ3v) is 2.36. The number of benzene rings is 1. The molecule has 0 aliphatic rings. The van der Waals surface area contributed by atoms with Crippen LogP contribution in [0.4, 0.5) is 5.69 Å². The van der Waals surface area contributed by atoms with Crippen LogP contribution in [0, 0.1) is 11.3 Å². The Hall–Kier alpha value is -2.02. The van der Waals surface area contributed by atoms with E-state index in [1.807, 2.05) is 13.0 Å². The summed E-state index contributed by atoms with van der Waals surface area (Å²) in [7, 11) is 0. The molecule has 0 saturated carbocycles. The molecule has 2 N–H and O–H groups in total. The highest BCUT2D eigenvalue weighted by molar-refractivity contribution is 5.84. The number of para-hydroxylation sites is 1. The summed E-state index contributed by atoms with van der Waals surface area (Å²) < 4.78 is 0. The van der Waals surface area contributed by atoms with Crippen LogP contribution in [-0.4, -0.2) is 18.5 Å². The van der Waals surface area contributed by atoms with Crippen molar-refractivity contribution in [2.75, 3.05) is 11.9 Å². The molecule has 1 aromatic carbocycles. The van der Waals surface area contributed by atoms with Crippen LogP contribution < -0.4 is 10.6 Å². The SMILES string of the molecule is CCCNC(=O)C(C)Nc1ccccc1C#N. The first kappa shape index (κ1) is 13.0. The minimum absolute atomic E-state index is 0.0559. The zero-order valence-electron chi connectivity index (χ0n) is 10.2. The lowest BCUT2D eigenvalue weighted by atomic mass is 10.1. The van der Waals surface area contributed by atoms with Crippen molar-refractivity contribution in [3.63, 3.8) is 0 Å². The van der Waals surface area contributed by atoms with E-state index in [0.29, 0.717) is 17.8 Å². The second kappa shape index (κ2) is 6.54. The van der Waals surface area contributed by atoms with Gasteiger partial charge in [-0.1, -0.05) is 19.1 Å². The van der Waals surface area contributed by atoms with Gasteiger partial charge in [-0.15, -0.1) is 0 Å². The van der Waals surface area contributed by atoms with Gasteiger partial charge in [0.2, 0.25) is 5.91 Å². The number of carbonyl (C=O) groups excluding carboxylic acids is 1. The molecule has 4 heteroatoms. The molecule has 1 unspecified atom stereocenters. The molecule has 90 valence electrons. The first-order chi connectivity index (χ1) is 8.19. The van der Waals surface area contributed by atoms with Crippen molar-refractivity contribution in [3.8, 4) is 6.07 Å². The van der Waals surface area contributed by atoms with Gasteiger partial charge in [-0.3, -0.25) is 4.79 Å². The van der Waals surface area contributed by atoms with Gasteiger partial charge in [0.15, 0.2) is 0 Å². The fourth-order valence-corrected chi connectivity index (χ4v) is 1.41. The van der Waals surface area contributed by atoms with Crippen LogP contribution in [0.2, 0.25) is 0 Å². The molecule has 1 amide bonds. The number of hydrogen-bond acceptors (Lipinski definition) is 3. The topological polar surface area (TPSA) is 64.9 Å². The van der Waals surface area contributed by atoms with Crippen LogP contribution in [-0.2, 0) is 4.79 Å². The van der Waals surface area contributed by atoms with Crippen LogP contribution in [0.5, 0.6) is 0 Å². The first-order valence-electron chi connectivity index (χ1n) is 5.72. The van der Waals surface area contributed by atoms with E-state index in [9.17, 15) is 4.79 Å². The van der Waals surface area contributed by atoms with Crippen LogP contribution in [0.3, 0.4) is 0 Å². The van der Waals surface area contributed by atoms with Crippen molar-refractivity contribution < 1.29 is 4.79 Å².